The van der Waals surface area contributed by atoms with Crippen molar-refractivity contribution < 1.29 is 19.3 Å². The van der Waals surface area contributed by atoms with Crippen LogP contribution >= 0.6 is 0 Å². The number of hydrogen-bond donors (Lipinski definition) is 2. The van der Waals surface area contributed by atoms with Gasteiger partial charge in [0.2, 0.25) is 0 Å². The zero-order chi connectivity index (χ0) is 21.8. The molecule has 0 amide bonds. The van der Waals surface area contributed by atoms with Gasteiger partial charge in [0, 0.05) is 30.1 Å². The van der Waals surface area contributed by atoms with Gasteiger partial charge in [-0.3, -0.25) is 0 Å². The van der Waals surface area contributed by atoms with Crippen LogP contribution in [0.5, 0.6) is 11.5 Å². The monoisotopic (exact) mass is 419 g/mol. The topological polar surface area (TPSA) is 54.6 Å². The second-order valence-electron chi connectivity index (χ2n) is 7.70. The van der Waals surface area contributed by atoms with Gasteiger partial charge >= 0.3 is 0 Å². The summed E-state index contributed by atoms with van der Waals surface area (Å²) in [5, 5.41) is 20.3. The quantitative estimate of drug-likeness (QED) is 0.394. The first kappa shape index (κ1) is 21.1. The average Bonchev–Trinajstić information content (AvgIpc) is 3.12. The molecule has 0 aliphatic rings. The van der Waals surface area contributed by atoms with Gasteiger partial charge in [0.25, 0.3) is 0 Å². The van der Waals surface area contributed by atoms with Gasteiger partial charge in [-0.1, -0.05) is 25.1 Å². The van der Waals surface area contributed by atoms with E-state index in [1.807, 2.05) is 24.3 Å². The molecule has 5 heteroatoms. The van der Waals surface area contributed by atoms with Crippen molar-refractivity contribution in [2.75, 3.05) is 6.61 Å². The Hall–Kier alpha value is -3.15. The molecular formula is C26H26FNO3. The Morgan fingerprint density at radius 3 is 2.23 bits per heavy atom. The van der Waals surface area contributed by atoms with E-state index in [4.69, 9.17) is 4.74 Å². The second kappa shape index (κ2) is 9.33. The molecule has 4 nitrogen and oxygen atoms in total. The van der Waals surface area contributed by atoms with E-state index >= 15 is 0 Å². The number of aryl methyl sites for hydroxylation is 1. The molecule has 0 radical (unpaired) electrons. The van der Waals surface area contributed by atoms with Crippen LogP contribution in [0.25, 0.3) is 22.0 Å². The Bertz CT molecular complexity index is 1150. The molecule has 1 atom stereocenters. The fourth-order valence-electron chi connectivity index (χ4n) is 3.81. The van der Waals surface area contributed by atoms with Crippen LogP contribution in [0, 0.1) is 5.82 Å². The van der Waals surface area contributed by atoms with Crippen LogP contribution in [0.15, 0.2) is 72.9 Å². The van der Waals surface area contributed by atoms with Gasteiger partial charge in [-0.25, -0.2) is 4.39 Å². The first-order chi connectivity index (χ1) is 15.1. The van der Waals surface area contributed by atoms with Crippen LogP contribution in [-0.4, -0.2) is 27.5 Å². The van der Waals surface area contributed by atoms with Crippen molar-refractivity contribution in [3.8, 4) is 22.6 Å². The van der Waals surface area contributed by atoms with Crippen LogP contribution in [0.3, 0.4) is 0 Å². The zero-order valence-corrected chi connectivity index (χ0v) is 17.5. The van der Waals surface area contributed by atoms with Gasteiger partial charge in [-0.05, 0) is 71.6 Å². The summed E-state index contributed by atoms with van der Waals surface area (Å²) in [4.78, 5) is 0. The van der Waals surface area contributed by atoms with Gasteiger partial charge in [-0.2, -0.15) is 0 Å². The largest absolute Gasteiger partial charge is 0.457 e. The van der Waals surface area contributed by atoms with Gasteiger partial charge in [-0.15, -0.1) is 0 Å². The lowest BCUT2D eigenvalue weighted by Gasteiger charge is -2.09. The maximum absolute atomic E-state index is 13.1. The number of hydrogen-bond acceptors (Lipinski definition) is 3. The minimum Gasteiger partial charge on any atom is -0.457 e. The highest BCUT2D eigenvalue weighted by molar-refractivity contribution is 5.88. The summed E-state index contributed by atoms with van der Waals surface area (Å²) in [5.41, 5.74) is 4.27. The summed E-state index contributed by atoms with van der Waals surface area (Å²) in [6, 6.07) is 20.0. The summed E-state index contributed by atoms with van der Waals surface area (Å²) >= 11 is 0. The van der Waals surface area contributed by atoms with Crippen LogP contribution in [0.4, 0.5) is 4.39 Å². The third-order valence-electron chi connectivity index (χ3n) is 5.33. The highest BCUT2D eigenvalue weighted by atomic mass is 19.1. The molecule has 0 saturated heterocycles. The summed E-state index contributed by atoms with van der Waals surface area (Å²) in [6.07, 6.45) is 2.74. The smallest absolute Gasteiger partial charge is 0.127 e. The molecule has 0 aliphatic heterocycles. The van der Waals surface area contributed by atoms with E-state index in [0.717, 1.165) is 40.6 Å². The second-order valence-corrected chi connectivity index (χ2v) is 7.70. The van der Waals surface area contributed by atoms with E-state index in [-0.39, 0.29) is 12.4 Å². The highest BCUT2D eigenvalue weighted by Crippen LogP contribution is 2.31. The third kappa shape index (κ3) is 4.79. The number of halogens is 1. The molecule has 1 heterocycles. The Kier molecular flexibility index (Phi) is 6.35. The maximum atomic E-state index is 13.1. The van der Waals surface area contributed by atoms with E-state index < -0.39 is 6.10 Å². The number of rotatable bonds is 8. The lowest BCUT2D eigenvalue weighted by Crippen LogP contribution is -2.14. The predicted octanol–water partition coefficient (Wildman–Crippen LogP) is 5.55. The first-order valence-electron chi connectivity index (χ1n) is 10.5. The van der Waals surface area contributed by atoms with Crippen LogP contribution in [0.1, 0.15) is 18.9 Å². The van der Waals surface area contributed by atoms with Crippen molar-refractivity contribution in [3.63, 3.8) is 0 Å². The number of aliphatic hydroxyl groups is 2. The molecule has 0 unspecified atom stereocenters. The third-order valence-corrected chi connectivity index (χ3v) is 5.33. The summed E-state index contributed by atoms with van der Waals surface area (Å²) in [5.74, 6) is 0.967. The van der Waals surface area contributed by atoms with E-state index in [2.05, 4.69) is 35.9 Å². The summed E-state index contributed by atoms with van der Waals surface area (Å²) in [7, 11) is 0. The molecule has 4 aromatic rings. The maximum Gasteiger partial charge on any atom is 0.127 e. The minimum absolute atomic E-state index is 0.254. The fraction of sp³-hybridized carbons (Fsp3) is 0.231. The van der Waals surface area contributed by atoms with Crippen molar-refractivity contribution >= 4 is 10.9 Å². The number of fused-ring (bicyclic) bond motifs is 1. The van der Waals surface area contributed by atoms with Gasteiger partial charge in [0.1, 0.15) is 17.3 Å². The molecule has 0 spiro atoms. The molecule has 4 rings (SSSR count). The zero-order valence-electron chi connectivity index (χ0n) is 17.5. The molecule has 0 fully saturated rings. The van der Waals surface area contributed by atoms with Crippen molar-refractivity contribution in [2.45, 2.75) is 32.4 Å². The Morgan fingerprint density at radius 1 is 0.935 bits per heavy atom. The lowest BCUT2D eigenvalue weighted by molar-refractivity contribution is 0.0957. The normalized spacial score (nSPS) is 12.3. The van der Waals surface area contributed by atoms with Crippen LogP contribution < -0.4 is 4.74 Å². The Morgan fingerprint density at radius 2 is 1.58 bits per heavy atom. The van der Waals surface area contributed by atoms with E-state index in [1.54, 1.807) is 12.1 Å². The molecule has 2 N–H and O–H groups in total. The van der Waals surface area contributed by atoms with E-state index in [9.17, 15) is 14.6 Å². The fourth-order valence-corrected chi connectivity index (χ4v) is 3.81. The number of ether oxygens (including phenoxy) is 1. The van der Waals surface area contributed by atoms with Crippen molar-refractivity contribution in [2.24, 2.45) is 0 Å². The average molecular weight is 419 g/mol. The summed E-state index contributed by atoms with van der Waals surface area (Å²) in [6.45, 7) is 2.79. The van der Waals surface area contributed by atoms with E-state index in [1.165, 1.54) is 12.1 Å². The van der Waals surface area contributed by atoms with Gasteiger partial charge in [0.15, 0.2) is 0 Å². The number of aromatic nitrogens is 1. The summed E-state index contributed by atoms with van der Waals surface area (Å²) < 4.78 is 21.0. The predicted molar refractivity (Wildman–Crippen MR) is 121 cm³/mol. The lowest BCUT2D eigenvalue weighted by atomic mass is 10.0. The number of aliphatic hydroxyl groups excluding tert-OH is 2. The Labute approximate surface area is 181 Å². The number of benzene rings is 3. The van der Waals surface area contributed by atoms with Crippen LogP contribution in [-0.2, 0) is 13.0 Å². The minimum atomic E-state index is -0.771. The molecular weight excluding hydrogens is 393 g/mol. The van der Waals surface area contributed by atoms with E-state index in [0.29, 0.717) is 17.9 Å². The molecule has 0 bridgehead atoms. The van der Waals surface area contributed by atoms with Crippen molar-refractivity contribution in [1.29, 1.82) is 0 Å². The SMILES string of the molecule is CCCn1cc(C[C@H](O)CO)c2cc(-c3ccc(Oc4ccc(F)cc4)cc3)ccc21. The number of nitrogens with zero attached hydrogens (tertiary/aromatic N) is 1. The molecule has 0 saturated carbocycles. The molecule has 160 valence electrons. The molecule has 0 aliphatic carbocycles. The van der Waals surface area contributed by atoms with Crippen molar-refractivity contribution in [1.82, 2.24) is 4.57 Å². The molecule has 31 heavy (non-hydrogen) atoms. The Balaban J connectivity index is 1.62. The standard InChI is InChI=1S/C26H26FNO3/c1-2-13-28-16-20(14-22(30)17-29)25-15-19(5-12-26(25)28)18-3-8-23(9-4-18)31-24-10-6-21(27)7-11-24/h3-12,15-16,22,29-30H,2,13-14,17H2,1H3/t22-/m0/s1. The van der Waals surface area contributed by atoms with Crippen LogP contribution in [0.2, 0.25) is 0 Å². The first-order valence-corrected chi connectivity index (χ1v) is 10.5. The molecule has 3 aromatic carbocycles. The van der Waals surface area contributed by atoms with Gasteiger partial charge < -0.3 is 19.5 Å². The van der Waals surface area contributed by atoms with Crippen molar-refractivity contribution in [3.05, 3.63) is 84.3 Å². The molecule has 1 aromatic heterocycles. The highest BCUT2D eigenvalue weighted by Gasteiger charge is 2.13. The van der Waals surface area contributed by atoms with Gasteiger partial charge in [0.05, 0.1) is 12.7 Å².